The van der Waals surface area contributed by atoms with Gasteiger partial charge in [-0.15, -0.1) is 0 Å². The van der Waals surface area contributed by atoms with Crippen LogP contribution >= 0.6 is 0 Å². The number of fused-ring (bicyclic) bond motifs is 9. The largest absolute Gasteiger partial charge is 0.310 e. The maximum Gasteiger partial charge on any atom is 0.0561 e. The highest BCUT2D eigenvalue weighted by atomic mass is 15.1. The van der Waals surface area contributed by atoms with Gasteiger partial charge >= 0.3 is 0 Å². The zero-order valence-electron chi connectivity index (χ0n) is 27.6. The third-order valence-corrected chi connectivity index (χ3v) is 10.7. The molecule has 1 aliphatic carbocycles. The fraction of sp³-hybridized carbons (Fsp3) is 0.0638. The maximum absolute atomic E-state index is 2.49. The highest BCUT2D eigenvalue weighted by molar-refractivity contribution is 6.15. The van der Waals surface area contributed by atoms with E-state index in [2.05, 4.69) is 193 Å². The molecule has 1 heterocycles. The van der Waals surface area contributed by atoms with Crippen molar-refractivity contribution in [3.8, 4) is 16.8 Å². The first-order valence-electron chi connectivity index (χ1n) is 17.1. The van der Waals surface area contributed by atoms with Gasteiger partial charge in [0.25, 0.3) is 0 Å². The molecule has 0 saturated carbocycles. The van der Waals surface area contributed by atoms with E-state index in [1.54, 1.807) is 0 Å². The molecule has 8 aromatic carbocycles. The maximum atomic E-state index is 2.49. The summed E-state index contributed by atoms with van der Waals surface area (Å²) in [6.07, 6.45) is 0. The molecule has 10 rings (SSSR count). The molecule has 0 atom stereocenters. The summed E-state index contributed by atoms with van der Waals surface area (Å²) >= 11 is 0. The fourth-order valence-electron chi connectivity index (χ4n) is 8.43. The molecule has 1 aliphatic rings. The standard InChI is InChI=1S/C47H34N2/c1-47(2)42-22-12-10-19-37(42)38-26-24-33(29-43(38)47)48(45-28-31-14-6-7-17-35(31)36-18-8-9-20-39(36)45)34-25-27-41-40-21-11-13-23-44(40)49(46(41)30-34)32-15-4-3-5-16-32/h3-30H,1-2H3. The van der Waals surface area contributed by atoms with E-state index in [1.165, 1.54) is 71.3 Å². The van der Waals surface area contributed by atoms with Gasteiger partial charge in [0.1, 0.15) is 0 Å². The number of rotatable bonds is 4. The average molecular weight is 627 g/mol. The molecule has 0 bridgehead atoms. The van der Waals surface area contributed by atoms with Crippen LogP contribution in [0.5, 0.6) is 0 Å². The summed E-state index contributed by atoms with van der Waals surface area (Å²) in [7, 11) is 0. The molecule has 0 radical (unpaired) electrons. The van der Waals surface area contributed by atoms with Crippen molar-refractivity contribution >= 4 is 60.4 Å². The molecule has 0 saturated heterocycles. The SMILES string of the molecule is CC1(C)c2ccccc2-c2ccc(N(c3ccc4c5ccccc5n(-c5ccccc5)c4c3)c3cc4ccccc4c4ccccc34)cc21. The molecule has 9 aromatic rings. The Morgan fingerprint density at radius 1 is 0.429 bits per heavy atom. The Morgan fingerprint density at radius 2 is 1.04 bits per heavy atom. The quantitative estimate of drug-likeness (QED) is 0.176. The molecule has 0 unspecified atom stereocenters. The van der Waals surface area contributed by atoms with E-state index < -0.39 is 0 Å². The van der Waals surface area contributed by atoms with Gasteiger partial charge in [0.05, 0.1) is 16.7 Å². The first kappa shape index (κ1) is 27.9. The van der Waals surface area contributed by atoms with Crippen LogP contribution in [-0.4, -0.2) is 4.57 Å². The normalized spacial score (nSPS) is 13.3. The van der Waals surface area contributed by atoms with E-state index in [1.807, 2.05) is 0 Å². The van der Waals surface area contributed by atoms with Gasteiger partial charge in [-0.1, -0.05) is 135 Å². The van der Waals surface area contributed by atoms with Crippen molar-refractivity contribution in [1.82, 2.24) is 4.57 Å². The lowest BCUT2D eigenvalue weighted by atomic mass is 9.82. The van der Waals surface area contributed by atoms with Crippen molar-refractivity contribution in [3.05, 3.63) is 181 Å². The van der Waals surface area contributed by atoms with Crippen LogP contribution in [0.3, 0.4) is 0 Å². The molecule has 0 fully saturated rings. The lowest BCUT2D eigenvalue weighted by molar-refractivity contribution is 0.660. The van der Waals surface area contributed by atoms with Gasteiger partial charge in [-0.25, -0.2) is 0 Å². The molecule has 49 heavy (non-hydrogen) atoms. The summed E-state index contributed by atoms with van der Waals surface area (Å²) in [6.45, 7) is 4.73. The van der Waals surface area contributed by atoms with Crippen LogP contribution in [0.15, 0.2) is 170 Å². The van der Waals surface area contributed by atoms with Gasteiger partial charge in [0, 0.05) is 38.6 Å². The molecular formula is C47H34N2. The predicted octanol–water partition coefficient (Wildman–Crippen LogP) is 12.9. The molecule has 0 spiro atoms. The first-order valence-corrected chi connectivity index (χ1v) is 17.1. The third-order valence-electron chi connectivity index (χ3n) is 10.7. The minimum atomic E-state index is -0.108. The minimum Gasteiger partial charge on any atom is -0.310 e. The van der Waals surface area contributed by atoms with Crippen molar-refractivity contribution in [2.45, 2.75) is 19.3 Å². The van der Waals surface area contributed by atoms with E-state index in [9.17, 15) is 0 Å². The molecule has 232 valence electrons. The van der Waals surface area contributed by atoms with Gasteiger partial charge in [-0.2, -0.15) is 0 Å². The van der Waals surface area contributed by atoms with Gasteiger partial charge < -0.3 is 9.47 Å². The Hall–Kier alpha value is -6.12. The van der Waals surface area contributed by atoms with Crippen molar-refractivity contribution in [2.75, 3.05) is 4.90 Å². The second-order valence-electron chi connectivity index (χ2n) is 13.8. The number of aromatic nitrogens is 1. The molecular weight excluding hydrogens is 593 g/mol. The number of para-hydroxylation sites is 2. The van der Waals surface area contributed by atoms with Crippen molar-refractivity contribution in [3.63, 3.8) is 0 Å². The Morgan fingerprint density at radius 3 is 1.90 bits per heavy atom. The Kier molecular flexibility index (Phi) is 5.95. The second kappa shape index (κ2) is 10.4. The van der Waals surface area contributed by atoms with E-state index >= 15 is 0 Å². The number of anilines is 3. The Balaban J connectivity index is 1.29. The van der Waals surface area contributed by atoms with Crippen LogP contribution < -0.4 is 4.90 Å². The van der Waals surface area contributed by atoms with Crippen molar-refractivity contribution < 1.29 is 0 Å². The molecule has 2 nitrogen and oxygen atoms in total. The fourth-order valence-corrected chi connectivity index (χ4v) is 8.43. The third kappa shape index (κ3) is 4.07. The number of benzene rings is 8. The predicted molar refractivity (Wildman–Crippen MR) is 208 cm³/mol. The molecule has 1 aromatic heterocycles. The highest BCUT2D eigenvalue weighted by Gasteiger charge is 2.36. The zero-order chi connectivity index (χ0) is 32.7. The first-order chi connectivity index (χ1) is 24.1. The summed E-state index contributed by atoms with van der Waals surface area (Å²) in [5, 5.41) is 7.49. The van der Waals surface area contributed by atoms with Crippen LogP contribution in [-0.2, 0) is 5.41 Å². The van der Waals surface area contributed by atoms with Gasteiger partial charge in [0.15, 0.2) is 0 Å². The lowest BCUT2D eigenvalue weighted by Crippen LogP contribution is -2.16. The monoisotopic (exact) mass is 626 g/mol. The van der Waals surface area contributed by atoms with E-state index in [0.717, 1.165) is 17.1 Å². The minimum absolute atomic E-state index is 0.108. The van der Waals surface area contributed by atoms with Crippen molar-refractivity contribution in [2.24, 2.45) is 0 Å². The van der Waals surface area contributed by atoms with Crippen molar-refractivity contribution in [1.29, 1.82) is 0 Å². The summed E-state index contributed by atoms with van der Waals surface area (Å²) in [5.41, 5.74) is 12.3. The average Bonchev–Trinajstić information content (AvgIpc) is 3.60. The van der Waals surface area contributed by atoms with E-state index in [0.29, 0.717) is 0 Å². The summed E-state index contributed by atoms with van der Waals surface area (Å²) in [4.78, 5) is 2.49. The van der Waals surface area contributed by atoms with E-state index in [4.69, 9.17) is 0 Å². The smallest absolute Gasteiger partial charge is 0.0561 e. The topological polar surface area (TPSA) is 8.17 Å². The van der Waals surface area contributed by atoms with E-state index in [-0.39, 0.29) is 5.41 Å². The molecule has 0 amide bonds. The molecule has 0 aliphatic heterocycles. The zero-order valence-corrected chi connectivity index (χ0v) is 27.6. The van der Waals surface area contributed by atoms with Gasteiger partial charge in [0.2, 0.25) is 0 Å². The van der Waals surface area contributed by atoms with Crippen LogP contribution in [0.25, 0.3) is 60.2 Å². The lowest BCUT2D eigenvalue weighted by Gasteiger charge is -2.29. The summed E-state index contributed by atoms with van der Waals surface area (Å²) < 4.78 is 2.41. The Bertz CT molecular complexity index is 2750. The van der Waals surface area contributed by atoms with Crippen LogP contribution in [0.4, 0.5) is 17.1 Å². The van der Waals surface area contributed by atoms with Crippen LogP contribution in [0.1, 0.15) is 25.0 Å². The summed E-state index contributed by atoms with van der Waals surface area (Å²) in [6, 6.07) is 62.5. The highest BCUT2D eigenvalue weighted by Crippen LogP contribution is 2.51. The summed E-state index contributed by atoms with van der Waals surface area (Å²) in [5.74, 6) is 0. The van der Waals surface area contributed by atoms with Crippen LogP contribution in [0.2, 0.25) is 0 Å². The molecule has 2 heteroatoms. The Labute approximate surface area is 286 Å². The number of hydrogen-bond donors (Lipinski definition) is 0. The number of nitrogens with zero attached hydrogens (tertiary/aromatic N) is 2. The number of hydrogen-bond acceptors (Lipinski definition) is 1. The second-order valence-corrected chi connectivity index (χ2v) is 13.8. The van der Waals surface area contributed by atoms with Gasteiger partial charge in [-0.05, 0) is 86.9 Å². The molecule has 0 N–H and O–H groups in total. The van der Waals surface area contributed by atoms with Crippen LogP contribution in [0, 0.1) is 0 Å². The van der Waals surface area contributed by atoms with Gasteiger partial charge in [-0.3, -0.25) is 0 Å².